The number of amides is 3. The molecule has 12 heteroatoms. The van der Waals surface area contributed by atoms with Crippen LogP contribution in [-0.4, -0.2) is 75.3 Å². The number of carbonyl (C=O) groups is 5. The van der Waals surface area contributed by atoms with E-state index in [1.54, 1.807) is 37.3 Å². The van der Waals surface area contributed by atoms with Gasteiger partial charge in [0.1, 0.15) is 18.1 Å². The highest BCUT2D eigenvalue weighted by atomic mass is 16.4. The van der Waals surface area contributed by atoms with Crippen LogP contribution in [0.25, 0.3) is 0 Å². The maximum Gasteiger partial charge on any atom is 0.326 e. The summed E-state index contributed by atoms with van der Waals surface area (Å²) in [7, 11) is 0. The van der Waals surface area contributed by atoms with E-state index in [1.807, 2.05) is 6.92 Å². The van der Waals surface area contributed by atoms with Crippen molar-refractivity contribution in [3.8, 4) is 0 Å². The molecule has 0 aliphatic carbocycles. The van der Waals surface area contributed by atoms with Crippen molar-refractivity contribution in [2.45, 2.75) is 70.3 Å². The summed E-state index contributed by atoms with van der Waals surface area (Å²) in [5.41, 5.74) is 6.48. The second-order valence-electron chi connectivity index (χ2n) is 8.39. The molecule has 0 radical (unpaired) electrons. The van der Waals surface area contributed by atoms with Crippen molar-refractivity contribution in [1.29, 1.82) is 0 Å². The lowest BCUT2D eigenvalue weighted by molar-refractivity contribution is -0.144. The van der Waals surface area contributed by atoms with Crippen LogP contribution in [0.3, 0.4) is 0 Å². The summed E-state index contributed by atoms with van der Waals surface area (Å²) in [4.78, 5) is 60.8. The fraction of sp³-hybridized carbons (Fsp3) is 0.522. The monoisotopic (exact) mass is 494 g/mol. The Hall–Kier alpha value is -3.51. The number of aliphatic hydroxyl groups is 1. The topological polar surface area (TPSA) is 208 Å². The number of carboxylic acids is 2. The van der Waals surface area contributed by atoms with E-state index in [9.17, 15) is 34.2 Å². The van der Waals surface area contributed by atoms with Gasteiger partial charge in [-0.3, -0.25) is 19.2 Å². The molecule has 6 unspecified atom stereocenters. The second-order valence-corrected chi connectivity index (χ2v) is 8.39. The molecule has 0 heterocycles. The first kappa shape index (κ1) is 29.5. The minimum Gasteiger partial charge on any atom is -0.481 e. The van der Waals surface area contributed by atoms with Gasteiger partial charge in [-0.15, -0.1) is 0 Å². The Kier molecular flexibility index (Phi) is 11.8. The lowest BCUT2D eigenvalue weighted by Crippen LogP contribution is -2.60. The fourth-order valence-corrected chi connectivity index (χ4v) is 3.13. The van der Waals surface area contributed by atoms with Gasteiger partial charge in [0.25, 0.3) is 0 Å². The predicted molar refractivity (Wildman–Crippen MR) is 125 cm³/mol. The molecule has 1 rings (SSSR count). The molecule has 1 aromatic carbocycles. The van der Waals surface area contributed by atoms with Crippen molar-refractivity contribution < 1.29 is 39.3 Å². The highest BCUT2D eigenvalue weighted by molar-refractivity contribution is 5.95. The molecule has 0 saturated carbocycles. The molecular formula is C23H34N4O8. The van der Waals surface area contributed by atoms with Crippen LogP contribution in [0, 0.1) is 5.92 Å². The highest BCUT2D eigenvalue weighted by Gasteiger charge is 2.34. The number of hydrogen-bond acceptors (Lipinski definition) is 7. The van der Waals surface area contributed by atoms with E-state index in [2.05, 4.69) is 16.0 Å². The second kappa shape index (κ2) is 14.0. The van der Waals surface area contributed by atoms with Gasteiger partial charge in [0.05, 0.1) is 18.6 Å². The van der Waals surface area contributed by atoms with Crippen LogP contribution in [0.1, 0.15) is 39.2 Å². The predicted octanol–water partition coefficient (Wildman–Crippen LogP) is -1.00. The lowest BCUT2D eigenvalue weighted by atomic mass is 9.99. The maximum absolute atomic E-state index is 12.8. The van der Waals surface area contributed by atoms with Crippen LogP contribution in [0.5, 0.6) is 0 Å². The largest absolute Gasteiger partial charge is 0.481 e. The number of aliphatic carboxylic acids is 2. The van der Waals surface area contributed by atoms with Crippen molar-refractivity contribution >= 4 is 29.7 Å². The van der Waals surface area contributed by atoms with Gasteiger partial charge in [0, 0.05) is 6.42 Å². The first-order chi connectivity index (χ1) is 16.4. The fourth-order valence-electron chi connectivity index (χ4n) is 3.13. The maximum atomic E-state index is 12.8. The first-order valence-corrected chi connectivity index (χ1v) is 11.2. The summed E-state index contributed by atoms with van der Waals surface area (Å²) in [5.74, 6) is -5.74. The molecule has 8 N–H and O–H groups in total. The molecule has 0 saturated heterocycles. The van der Waals surface area contributed by atoms with E-state index in [-0.39, 0.29) is 12.3 Å². The zero-order valence-electron chi connectivity index (χ0n) is 19.9. The Morgan fingerprint density at radius 3 is 1.94 bits per heavy atom. The van der Waals surface area contributed by atoms with Gasteiger partial charge in [-0.05, 0) is 18.4 Å². The zero-order chi connectivity index (χ0) is 26.7. The number of benzene rings is 1. The lowest BCUT2D eigenvalue weighted by Gasteiger charge is -2.26. The van der Waals surface area contributed by atoms with Crippen LogP contribution in [0.15, 0.2) is 30.3 Å². The van der Waals surface area contributed by atoms with E-state index in [1.165, 1.54) is 6.92 Å². The summed E-state index contributed by atoms with van der Waals surface area (Å²) in [5, 5.41) is 35.5. The normalized spacial score (nSPS) is 16.0. The Balaban J connectivity index is 2.98. The Labute approximate surface area is 203 Å². The average molecular weight is 495 g/mol. The molecular weight excluding hydrogens is 460 g/mol. The van der Waals surface area contributed by atoms with Gasteiger partial charge < -0.3 is 37.0 Å². The molecule has 194 valence electrons. The summed E-state index contributed by atoms with van der Waals surface area (Å²) in [6, 6.07) is 2.98. The van der Waals surface area contributed by atoms with Crippen molar-refractivity contribution in [2.24, 2.45) is 11.7 Å². The van der Waals surface area contributed by atoms with Crippen LogP contribution in [0.4, 0.5) is 0 Å². The molecule has 1 aromatic rings. The molecule has 0 spiro atoms. The molecule has 35 heavy (non-hydrogen) atoms. The van der Waals surface area contributed by atoms with Crippen LogP contribution in [0.2, 0.25) is 0 Å². The molecule has 0 bridgehead atoms. The number of carboxylic acid groups (broad SMARTS) is 2. The number of aliphatic hydroxyl groups excluding tert-OH is 1. The summed E-state index contributed by atoms with van der Waals surface area (Å²) in [6.45, 7) is 4.73. The molecule has 6 atom stereocenters. The van der Waals surface area contributed by atoms with Crippen molar-refractivity contribution in [1.82, 2.24) is 16.0 Å². The molecule has 12 nitrogen and oxygen atoms in total. The van der Waals surface area contributed by atoms with Gasteiger partial charge in [-0.2, -0.15) is 0 Å². The number of nitrogens with one attached hydrogen (secondary N) is 3. The van der Waals surface area contributed by atoms with Crippen molar-refractivity contribution in [2.75, 3.05) is 0 Å². The quantitative estimate of drug-likeness (QED) is 0.169. The summed E-state index contributed by atoms with van der Waals surface area (Å²) in [6.07, 6.45) is -1.74. The molecule has 0 aliphatic rings. The van der Waals surface area contributed by atoms with Crippen LogP contribution >= 0.6 is 0 Å². The Bertz CT molecular complexity index is 893. The third kappa shape index (κ3) is 9.71. The van der Waals surface area contributed by atoms with Gasteiger partial charge in [-0.1, -0.05) is 50.6 Å². The van der Waals surface area contributed by atoms with Gasteiger partial charge in [0.15, 0.2) is 0 Å². The molecule has 0 fully saturated rings. The minimum atomic E-state index is -1.61. The average Bonchev–Trinajstić information content (AvgIpc) is 2.80. The molecule has 0 aliphatic heterocycles. The van der Waals surface area contributed by atoms with Crippen molar-refractivity contribution in [3.63, 3.8) is 0 Å². The van der Waals surface area contributed by atoms with E-state index in [0.717, 1.165) is 0 Å². The van der Waals surface area contributed by atoms with Crippen molar-refractivity contribution in [3.05, 3.63) is 35.9 Å². The number of nitrogens with two attached hydrogens (primary N) is 1. The van der Waals surface area contributed by atoms with Crippen LogP contribution < -0.4 is 21.7 Å². The zero-order valence-corrected chi connectivity index (χ0v) is 19.9. The number of carbonyl (C=O) groups excluding carboxylic acids is 3. The van der Waals surface area contributed by atoms with E-state index in [0.29, 0.717) is 12.0 Å². The third-order valence-corrected chi connectivity index (χ3v) is 5.53. The SMILES string of the molecule is CCC(C)C(N)C(=O)NC(CC(=O)O)C(=O)NC(C(=O)NC(Cc1ccccc1)C(=O)O)C(C)O. The van der Waals surface area contributed by atoms with E-state index in [4.69, 9.17) is 10.8 Å². The first-order valence-electron chi connectivity index (χ1n) is 11.2. The molecule has 0 aromatic heterocycles. The van der Waals surface area contributed by atoms with E-state index >= 15 is 0 Å². The van der Waals surface area contributed by atoms with Gasteiger partial charge in [-0.25, -0.2) is 4.79 Å². The van der Waals surface area contributed by atoms with E-state index < -0.39 is 66.4 Å². The van der Waals surface area contributed by atoms with Crippen LogP contribution in [-0.2, 0) is 30.4 Å². The Morgan fingerprint density at radius 1 is 0.886 bits per heavy atom. The molecule has 3 amide bonds. The summed E-state index contributed by atoms with van der Waals surface area (Å²) < 4.78 is 0. The summed E-state index contributed by atoms with van der Waals surface area (Å²) >= 11 is 0. The smallest absolute Gasteiger partial charge is 0.326 e. The standard InChI is InChI=1S/C23H34N4O8/c1-4-12(2)18(24)21(32)25-15(11-17(29)30)20(31)27-19(13(3)28)22(33)26-16(23(34)35)10-14-8-6-5-7-9-14/h5-9,12-13,15-16,18-19,28H,4,10-11,24H2,1-3H3,(H,25,32)(H,26,33)(H,27,31)(H,29,30)(H,34,35). The van der Waals surface area contributed by atoms with Gasteiger partial charge in [0.2, 0.25) is 17.7 Å². The highest BCUT2D eigenvalue weighted by Crippen LogP contribution is 2.08. The van der Waals surface area contributed by atoms with Gasteiger partial charge >= 0.3 is 11.9 Å². The third-order valence-electron chi connectivity index (χ3n) is 5.53. The Morgan fingerprint density at radius 2 is 1.46 bits per heavy atom. The minimum absolute atomic E-state index is 0.0480. The number of hydrogen-bond donors (Lipinski definition) is 7. The number of rotatable bonds is 14.